The number of amides is 2. The number of hydrogen-bond donors (Lipinski definition) is 2. The van der Waals surface area contributed by atoms with E-state index in [0.717, 1.165) is 52.0 Å². The average Bonchev–Trinajstić information content (AvgIpc) is 2.48. The van der Waals surface area contributed by atoms with Crippen LogP contribution in [0.25, 0.3) is 0 Å². The van der Waals surface area contributed by atoms with Crippen molar-refractivity contribution in [2.24, 2.45) is 0 Å². The van der Waals surface area contributed by atoms with E-state index >= 15 is 0 Å². The Labute approximate surface area is 127 Å². The number of hydrogen-bond acceptors (Lipinski definition) is 4. The molecule has 0 radical (unpaired) electrons. The largest absolute Gasteiger partial charge is 0.355 e. The molecule has 2 aliphatic heterocycles. The van der Waals surface area contributed by atoms with Crippen molar-refractivity contribution in [2.45, 2.75) is 38.6 Å². The molecule has 120 valence electrons. The van der Waals surface area contributed by atoms with Crippen LogP contribution in [0.2, 0.25) is 0 Å². The molecule has 0 spiro atoms. The first-order chi connectivity index (χ1) is 10.0. The Morgan fingerprint density at radius 2 is 1.90 bits per heavy atom. The summed E-state index contributed by atoms with van der Waals surface area (Å²) in [6.07, 6.45) is 3.19. The topological polar surface area (TPSA) is 64.7 Å². The average molecular weight is 296 g/mol. The molecule has 2 rings (SSSR count). The second-order valence-electron chi connectivity index (χ2n) is 6.24. The van der Waals surface area contributed by atoms with Gasteiger partial charge in [-0.2, -0.15) is 0 Å². The van der Waals surface area contributed by atoms with Crippen molar-refractivity contribution in [3.8, 4) is 0 Å². The number of piperidine rings is 1. The summed E-state index contributed by atoms with van der Waals surface area (Å²) >= 11 is 0. The van der Waals surface area contributed by atoms with Crippen molar-refractivity contribution in [1.82, 2.24) is 20.4 Å². The van der Waals surface area contributed by atoms with Gasteiger partial charge in [0.05, 0.1) is 12.1 Å². The van der Waals surface area contributed by atoms with E-state index in [1.165, 1.54) is 0 Å². The molecule has 2 heterocycles. The van der Waals surface area contributed by atoms with Gasteiger partial charge in [0, 0.05) is 32.7 Å². The van der Waals surface area contributed by atoms with Crippen LogP contribution in [0.3, 0.4) is 0 Å². The highest BCUT2D eigenvalue weighted by Gasteiger charge is 2.38. The minimum atomic E-state index is -0.389. The molecule has 0 aliphatic carbocycles. The zero-order chi connectivity index (χ0) is 15.3. The van der Waals surface area contributed by atoms with Gasteiger partial charge in [-0.1, -0.05) is 0 Å². The lowest BCUT2D eigenvalue weighted by molar-refractivity contribution is -0.140. The van der Waals surface area contributed by atoms with Crippen LogP contribution in [0.15, 0.2) is 0 Å². The summed E-state index contributed by atoms with van der Waals surface area (Å²) in [5, 5.41) is 6.20. The number of carbonyl (C=O) groups is 2. The maximum absolute atomic E-state index is 12.7. The van der Waals surface area contributed by atoms with Gasteiger partial charge in [0.1, 0.15) is 0 Å². The van der Waals surface area contributed by atoms with Gasteiger partial charge < -0.3 is 15.5 Å². The number of piperazine rings is 1. The van der Waals surface area contributed by atoms with Gasteiger partial charge in [0.2, 0.25) is 11.8 Å². The minimum Gasteiger partial charge on any atom is -0.355 e. The molecule has 0 bridgehead atoms. The number of rotatable bonds is 4. The van der Waals surface area contributed by atoms with E-state index in [9.17, 15) is 9.59 Å². The van der Waals surface area contributed by atoms with E-state index in [0.29, 0.717) is 13.1 Å². The molecule has 0 aromatic heterocycles. The van der Waals surface area contributed by atoms with Gasteiger partial charge in [-0.3, -0.25) is 14.5 Å². The first kappa shape index (κ1) is 16.2. The molecule has 2 fully saturated rings. The van der Waals surface area contributed by atoms with Crippen LogP contribution < -0.4 is 10.6 Å². The lowest BCUT2D eigenvalue weighted by atomic mass is 9.89. The van der Waals surface area contributed by atoms with Crippen LogP contribution in [0, 0.1) is 0 Å². The van der Waals surface area contributed by atoms with E-state index in [1.807, 2.05) is 18.7 Å². The Morgan fingerprint density at radius 1 is 1.19 bits per heavy atom. The van der Waals surface area contributed by atoms with Crippen LogP contribution in [0.4, 0.5) is 0 Å². The summed E-state index contributed by atoms with van der Waals surface area (Å²) in [6, 6.07) is 0. The Kier molecular flexibility index (Phi) is 5.58. The smallest absolute Gasteiger partial charge is 0.242 e. The second kappa shape index (κ2) is 7.22. The van der Waals surface area contributed by atoms with Crippen LogP contribution in [-0.4, -0.2) is 73.0 Å². The number of nitrogens with one attached hydrogen (secondary N) is 2. The predicted octanol–water partition coefficient (Wildman–Crippen LogP) is -0.201. The van der Waals surface area contributed by atoms with Gasteiger partial charge in [0.25, 0.3) is 0 Å². The maximum Gasteiger partial charge on any atom is 0.242 e. The Hall–Kier alpha value is -1.14. The predicted molar refractivity (Wildman–Crippen MR) is 82.0 cm³/mol. The van der Waals surface area contributed by atoms with Crippen molar-refractivity contribution in [2.75, 3.05) is 45.8 Å². The molecular weight excluding hydrogens is 268 g/mol. The SMILES string of the molecule is CCNC(=O)CN1CCN(C(=O)C2(C)CCCCN2)CC1. The summed E-state index contributed by atoms with van der Waals surface area (Å²) in [4.78, 5) is 28.3. The summed E-state index contributed by atoms with van der Waals surface area (Å²) in [5.41, 5.74) is -0.389. The molecule has 0 aromatic carbocycles. The van der Waals surface area contributed by atoms with Gasteiger partial charge in [-0.05, 0) is 39.7 Å². The molecule has 0 saturated carbocycles. The third-order valence-corrected chi connectivity index (χ3v) is 4.49. The quantitative estimate of drug-likeness (QED) is 0.754. The van der Waals surface area contributed by atoms with E-state index in [2.05, 4.69) is 15.5 Å². The highest BCUT2D eigenvalue weighted by molar-refractivity contribution is 5.86. The fourth-order valence-corrected chi connectivity index (χ4v) is 3.15. The summed E-state index contributed by atoms with van der Waals surface area (Å²) in [5.74, 6) is 0.290. The lowest BCUT2D eigenvalue weighted by Crippen LogP contribution is -2.61. The van der Waals surface area contributed by atoms with Crippen LogP contribution >= 0.6 is 0 Å². The summed E-state index contributed by atoms with van der Waals surface area (Å²) in [7, 11) is 0. The lowest BCUT2D eigenvalue weighted by Gasteiger charge is -2.41. The van der Waals surface area contributed by atoms with Gasteiger partial charge >= 0.3 is 0 Å². The Morgan fingerprint density at radius 3 is 2.48 bits per heavy atom. The van der Waals surface area contributed by atoms with Crippen molar-refractivity contribution in [3.63, 3.8) is 0 Å². The van der Waals surface area contributed by atoms with E-state index < -0.39 is 0 Å². The van der Waals surface area contributed by atoms with Crippen molar-refractivity contribution >= 4 is 11.8 Å². The summed E-state index contributed by atoms with van der Waals surface area (Å²) < 4.78 is 0. The third-order valence-electron chi connectivity index (χ3n) is 4.49. The monoisotopic (exact) mass is 296 g/mol. The van der Waals surface area contributed by atoms with Gasteiger partial charge in [0.15, 0.2) is 0 Å². The van der Waals surface area contributed by atoms with Crippen LogP contribution in [-0.2, 0) is 9.59 Å². The normalized spacial score (nSPS) is 27.4. The number of likely N-dealkylation sites (N-methyl/N-ethyl adjacent to an activating group) is 1. The van der Waals surface area contributed by atoms with Crippen molar-refractivity contribution in [3.05, 3.63) is 0 Å². The molecule has 1 unspecified atom stereocenters. The first-order valence-corrected chi connectivity index (χ1v) is 8.08. The third kappa shape index (κ3) is 4.17. The first-order valence-electron chi connectivity index (χ1n) is 8.08. The molecule has 2 N–H and O–H groups in total. The molecule has 0 aromatic rings. The second-order valence-corrected chi connectivity index (χ2v) is 6.24. The minimum absolute atomic E-state index is 0.0678. The van der Waals surface area contributed by atoms with E-state index in [4.69, 9.17) is 0 Å². The van der Waals surface area contributed by atoms with Gasteiger partial charge in [-0.15, -0.1) is 0 Å². The Balaban J connectivity index is 1.80. The zero-order valence-electron chi connectivity index (χ0n) is 13.3. The molecule has 2 saturated heterocycles. The molecule has 2 amide bonds. The zero-order valence-corrected chi connectivity index (χ0v) is 13.3. The fraction of sp³-hybridized carbons (Fsp3) is 0.867. The highest BCUT2D eigenvalue weighted by Crippen LogP contribution is 2.22. The highest BCUT2D eigenvalue weighted by atomic mass is 16.2. The number of carbonyl (C=O) groups excluding carboxylic acids is 2. The van der Waals surface area contributed by atoms with Crippen LogP contribution in [0.1, 0.15) is 33.1 Å². The molecule has 21 heavy (non-hydrogen) atoms. The van der Waals surface area contributed by atoms with Gasteiger partial charge in [-0.25, -0.2) is 0 Å². The summed E-state index contributed by atoms with van der Waals surface area (Å²) in [6.45, 7) is 8.97. The van der Waals surface area contributed by atoms with Crippen molar-refractivity contribution in [1.29, 1.82) is 0 Å². The molecular formula is C15H28N4O2. The molecule has 1 atom stereocenters. The molecule has 6 heteroatoms. The van der Waals surface area contributed by atoms with Crippen LogP contribution in [0.5, 0.6) is 0 Å². The fourth-order valence-electron chi connectivity index (χ4n) is 3.15. The number of nitrogens with zero attached hydrogens (tertiary/aromatic N) is 2. The van der Waals surface area contributed by atoms with E-state index in [1.54, 1.807) is 0 Å². The van der Waals surface area contributed by atoms with E-state index in [-0.39, 0.29) is 17.4 Å². The Bertz CT molecular complexity index is 372. The molecule has 2 aliphatic rings. The maximum atomic E-state index is 12.7. The molecule has 6 nitrogen and oxygen atoms in total. The standard InChI is InChI=1S/C15H28N4O2/c1-3-16-13(20)12-18-8-10-19(11-9-18)14(21)15(2)6-4-5-7-17-15/h17H,3-12H2,1-2H3,(H,16,20). The van der Waals surface area contributed by atoms with Crippen molar-refractivity contribution < 1.29 is 9.59 Å².